The molecule has 0 radical (unpaired) electrons. The number of rotatable bonds is 7. The van der Waals surface area contributed by atoms with Gasteiger partial charge < -0.3 is 24.5 Å². The van der Waals surface area contributed by atoms with E-state index in [1.165, 1.54) is 18.9 Å². The highest BCUT2D eigenvalue weighted by molar-refractivity contribution is 5.82. The number of aromatic nitrogens is 2. The number of nitrogens with two attached hydrogens (primary N) is 1. The minimum Gasteiger partial charge on any atom is -0.472 e. The Morgan fingerprint density at radius 1 is 1.18 bits per heavy atom. The molecule has 0 aromatic carbocycles. The highest BCUT2D eigenvalue weighted by Crippen LogP contribution is 2.45. The van der Waals surface area contributed by atoms with Gasteiger partial charge in [0, 0.05) is 42.6 Å². The van der Waals surface area contributed by atoms with Crippen molar-refractivity contribution in [3.05, 3.63) is 48.4 Å². The van der Waals surface area contributed by atoms with Crippen molar-refractivity contribution in [2.24, 2.45) is 17.6 Å². The summed E-state index contributed by atoms with van der Waals surface area (Å²) in [5.41, 5.74) is 5.27. The van der Waals surface area contributed by atoms with E-state index in [-0.39, 0.29) is 11.8 Å². The van der Waals surface area contributed by atoms with Gasteiger partial charge in [0.05, 0.1) is 31.2 Å². The molecule has 9 nitrogen and oxygen atoms in total. The summed E-state index contributed by atoms with van der Waals surface area (Å²) in [5.74, 6) is -1.05. The quantitative estimate of drug-likeness (QED) is 0.481. The monoisotopic (exact) mass is 455 g/mol. The summed E-state index contributed by atoms with van der Waals surface area (Å²) < 4.78 is 11.7. The van der Waals surface area contributed by atoms with Crippen LogP contribution in [0.2, 0.25) is 0 Å². The molecule has 1 amide bonds. The Kier molecular flexibility index (Phi) is 5.70. The van der Waals surface area contributed by atoms with Crippen LogP contribution in [-0.2, 0) is 19.9 Å². The van der Waals surface area contributed by atoms with Crippen molar-refractivity contribution in [2.45, 2.75) is 56.3 Å². The van der Waals surface area contributed by atoms with Crippen molar-refractivity contribution in [3.63, 3.8) is 0 Å². The van der Waals surface area contributed by atoms with Crippen molar-refractivity contribution >= 4 is 11.9 Å². The molecule has 2 bridgehead atoms. The van der Waals surface area contributed by atoms with Crippen molar-refractivity contribution in [3.8, 4) is 0 Å². The third-order valence-electron chi connectivity index (χ3n) is 8.15. The van der Waals surface area contributed by atoms with Crippen LogP contribution in [0.25, 0.3) is 0 Å². The predicted molar refractivity (Wildman–Crippen MR) is 116 cm³/mol. The Balaban J connectivity index is 1.41. The van der Waals surface area contributed by atoms with Gasteiger partial charge in [0.2, 0.25) is 0 Å². The number of quaternary nitrogens is 1. The number of primary amides is 1. The summed E-state index contributed by atoms with van der Waals surface area (Å²) in [5, 5.41) is 11.6. The van der Waals surface area contributed by atoms with Gasteiger partial charge in [-0.15, -0.1) is 0 Å². The number of piperidine rings is 3. The molecule has 3 atom stereocenters. The Morgan fingerprint density at radius 3 is 2.48 bits per heavy atom. The van der Waals surface area contributed by atoms with Crippen molar-refractivity contribution in [2.75, 3.05) is 19.6 Å². The average molecular weight is 456 g/mol. The second-order valence-corrected chi connectivity index (χ2v) is 9.87. The van der Waals surface area contributed by atoms with E-state index in [4.69, 9.17) is 14.9 Å². The van der Waals surface area contributed by atoms with E-state index in [0.717, 1.165) is 51.6 Å². The second-order valence-electron chi connectivity index (χ2n) is 9.87. The van der Waals surface area contributed by atoms with Crippen LogP contribution >= 0.6 is 0 Å². The smallest absolute Gasteiger partial charge is 0.343 e. The molecule has 33 heavy (non-hydrogen) atoms. The number of esters is 1. The summed E-state index contributed by atoms with van der Waals surface area (Å²) in [6.45, 7) is 2.02. The lowest BCUT2D eigenvalue weighted by Gasteiger charge is -2.54. The molecule has 5 heterocycles. The number of hydrogen-bond donors (Lipinski definition) is 2. The van der Waals surface area contributed by atoms with E-state index in [9.17, 15) is 14.7 Å². The van der Waals surface area contributed by atoms with E-state index >= 15 is 0 Å². The van der Waals surface area contributed by atoms with Crippen LogP contribution < -0.4 is 5.73 Å². The van der Waals surface area contributed by atoms with Crippen LogP contribution in [0, 0.1) is 11.8 Å². The van der Waals surface area contributed by atoms with Crippen LogP contribution in [0.15, 0.2) is 41.7 Å². The first-order valence-corrected chi connectivity index (χ1v) is 11.8. The Morgan fingerprint density at radius 2 is 1.88 bits per heavy atom. The topological polar surface area (TPSA) is 129 Å². The average Bonchev–Trinajstić information content (AvgIpc) is 3.55. The third kappa shape index (κ3) is 3.73. The maximum atomic E-state index is 13.5. The van der Waals surface area contributed by atoms with Crippen LogP contribution in [0.3, 0.4) is 0 Å². The minimum absolute atomic E-state index is 0.201. The standard InChI is InChI=1S/C24H30N4O5/c25-22(29)21(17-11-26-15-27-12-17)28-8-5-16(6-9-28)20(13-28)33-23(30)24(31,18-3-1-2-4-18)19-7-10-32-14-19/h7,10-12,14-16,18,20-21,31H,1-6,8-9,13H2,(H-,25,29)/p+1/t16?,20-,21?,24?,28?/m0/s1. The zero-order valence-corrected chi connectivity index (χ0v) is 18.6. The lowest BCUT2D eigenvalue weighted by atomic mass is 9.79. The number of aliphatic hydroxyl groups is 1. The molecule has 6 rings (SSSR count). The molecule has 4 aliphatic rings. The summed E-state index contributed by atoms with van der Waals surface area (Å²) in [4.78, 5) is 34.3. The zero-order valence-electron chi connectivity index (χ0n) is 18.6. The summed E-state index contributed by atoms with van der Waals surface area (Å²) in [6.07, 6.45) is 12.3. The lowest BCUT2D eigenvalue weighted by Crippen LogP contribution is -2.67. The Hall–Kier alpha value is -2.78. The molecule has 3 N–H and O–H groups in total. The van der Waals surface area contributed by atoms with Gasteiger partial charge in [-0.1, -0.05) is 12.8 Å². The first-order chi connectivity index (χ1) is 15.9. The Bertz CT molecular complexity index is 984. The molecule has 4 fully saturated rings. The van der Waals surface area contributed by atoms with Crippen LogP contribution in [0.4, 0.5) is 0 Å². The maximum Gasteiger partial charge on any atom is 0.343 e. The van der Waals surface area contributed by atoms with E-state index in [2.05, 4.69) is 9.97 Å². The molecule has 3 saturated heterocycles. The number of fused-ring (bicyclic) bond motifs is 3. The van der Waals surface area contributed by atoms with Crippen molar-refractivity contribution in [1.29, 1.82) is 0 Å². The Labute approximate surface area is 192 Å². The highest BCUT2D eigenvalue weighted by Gasteiger charge is 2.56. The molecule has 2 unspecified atom stereocenters. The highest BCUT2D eigenvalue weighted by atomic mass is 16.6. The number of carbonyl (C=O) groups is 2. The summed E-state index contributed by atoms with van der Waals surface area (Å²) >= 11 is 0. The van der Waals surface area contributed by atoms with Crippen LogP contribution in [-0.4, -0.2) is 57.2 Å². The van der Waals surface area contributed by atoms with E-state index in [1.807, 2.05) is 0 Å². The van der Waals surface area contributed by atoms with E-state index in [0.29, 0.717) is 22.2 Å². The molecular formula is C24H31N4O5+. The molecule has 0 spiro atoms. The first-order valence-electron chi connectivity index (χ1n) is 11.8. The minimum atomic E-state index is -1.73. The van der Waals surface area contributed by atoms with Gasteiger partial charge in [-0.3, -0.25) is 4.79 Å². The molecule has 3 aliphatic heterocycles. The van der Waals surface area contributed by atoms with Crippen molar-refractivity contribution in [1.82, 2.24) is 9.97 Å². The number of furan rings is 1. The van der Waals surface area contributed by atoms with Crippen LogP contribution in [0.5, 0.6) is 0 Å². The van der Waals surface area contributed by atoms with E-state index < -0.39 is 29.6 Å². The number of carbonyl (C=O) groups excluding carboxylic acids is 2. The van der Waals surface area contributed by atoms with E-state index in [1.54, 1.807) is 18.5 Å². The molecule has 1 saturated carbocycles. The van der Waals surface area contributed by atoms with Gasteiger partial charge in [0.25, 0.3) is 5.91 Å². The largest absolute Gasteiger partial charge is 0.472 e. The molecule has 176 valence electrons. The van der Waals surface area contributed by atoms with Gasteiger partial charge >= 0.3 is 5.97 Å². The summed E-state index contributed by atoms with van der Waals surface area (Å²) in [6, 6.07) is 1.04. The van der Waals surface area contributed by atoms with Crippen LogP contribution in [0.1, 0.15) is 55.7 Å². The fraction of sp³-hybridized carbons (Fsp3) is 0.583. The fourth-order valence-corrected chi connectivity index (χ4v) is 6.44. The molecule has 9 heteroatoms. The zero-order chi connectivity index (χ0) is 23.1. The predicted octanol–water partition coefficient (Wildman–Crippen LogP) is 1.83. The number of hydrogen-bond acceptors (Lipinski definition) is 7. The first kappa shape index (κ1) is 22.0. The molecule has 1 aliphatic carbocycles. The third-order valence-corrected chi connectivity index (χ3v) is 8.15. The SMILES string of the molecule is NC(=O)C(c1cncnc1)[N+]12CCC(CC1)[C@@H](OC(=O)C(O)(c1ccoc1)C1CCCC1)C2. The van der Waals surface area contributed by atoms with Gasteiger partial charge in [0.15, 0.2) is 17.7 Å². The number of ether oxygens (including phenoxy) is 1. The number of amides is 1. The van der Waals surface area contributed by atoms with Gasteiger partial charge in [-0.2, -0.15) is 0 Å². The lowest BCUT2D eigenvalue weighted by molar-refractivity contribution is -0.965. The second kappa shape index (κ2) is 8.53. The molecule has 2 aromatic rings. The summed E-state index contributed by atoms with van der Waals surface area (Å²) in [7, 11) is 0. The molecular weight excluding hydrogens is 424 g/mol. The van der Waals surface area contributed by atoms with Gasteiger partial charge in [-0.25, -0.2) is 14.8 Å². The van der Waals surface area contributed by atoms with Gasteiger partial charge in [-0.05, 0) is 18.9 Å². The maximum absolute atomic E-state index is 13.5. The molecule has 2 aromatic heterocycles. The fourth-order valence-electron chi connectivity index (χ4n) is 6.44. The van der Waals surface area contributed by atoms with Crippen molar-refractivity contribution < 1.29 is 28.3 Å². The van der Waals surface area contributed by atoms with Gasteiger partial charge in [0.1, 0.15) is 12.9 Å². The normalized spacial score (nSPS) is 30.0. The number of nitrogens with zero attached hydrogens (tertiary/aromatic N) is 3.